The second-order valence-corrected chi connectivity index (χ2v) is 12.2. The number of carbonyl (C=O) groups is 2. The molecule has 0 spiro atoms. The number of hydrogen-bond acceptors (Lipinski definition) is 2. The van der Waals surface area contributed by atoms with Crippen LogP contribution in [-0.2, 0) is 9.59 Å². The average molecular weight is 465 g/mol. The summed E-state index contributed by atoms with van der Waals surface area (Å²) >= 11 is 6.82. The second kappa shape index (κ2) is 13.7. The van der Waals surface area contributed by atoms with Crippen LogP contribution in [-0.4, -0.2) is 16.4 Å². The first-order valence-electron chi connectivity index (χ1n) is 13.0. The van der Waals surface area contributed by atoms with Crippen molar-refractivity contribution >= 4 is 23.2 Å². The first kappa shape index (κ1) is 29.1. The van der Waals surface area contributed by atoms with Crippen LogP contribution in [0.4, 0.5) is 0 Å². The number of alkyl halides is 1. The van der Waals surface area contributed by atoms with E-state index in [0.717, 1.165) is 37.0 Å². The molecule has 0 heterocycles. The number of Topliss-reactive ketones (excluding diaryl/α,β-unsaturated/α-hetero) is 2. The summed E-state index contributed by atoms with van der Waals surface area (Å²) in [6.07, 6.45) is 12.7. The van der Waals surface area contributed by atoms with Gasteiger partial charge in [0.2, 0.25) is 0 Å². The Hall–Kier alpha value is -0.890. The van der Waals surface area contributed by atoms with Gasteiger partial charge in [0.15, 0.2) is 11.6 Å². The van der Waals surface area contributed by atoms with Gasteiger partial charge in [0.1, 0.15) is 0 Å². The van der Waals surface area contributed by atoms with E-state index in [9.17, 15) is 9.59 Å². The molecule has 3 heteroatoms. The van der Waals surface area contributed by atoms with Gasteiger partial charge in [-0.05, 0) is 64.7 Å². The molecule has 0 aromatic rings. The molecule has 0 bridgehead atoms. The first-order valence-corrected chi connectivity index (χ1v) is 13.4. The van der Waals surface area contributed by atoms with Crippen LogP contribution in [0.5, 0.6) is 0 Å². The topological polar surface area (TPSA) is 34.1 Å². The molecule has 0 saturated carbocycles. The number of ketones is 2. The fourth-order valence-corrected chi connectivity index (χ4v) is 4.99. The standard InChI is InChI=1S/C29H49ClO2/c1-20(2)12-9-13-21(3)14-10-15-22(4)16-11-18-29(8,30)19-17-26-25(7)27(31)23(5)24(6)28(26)32/h20-22H,9-19H2,1-8H3. The molecule has 0 saturated heterocycles. The van der Waals surface area contributed by atoms with Crippen molar-refractivity contribution in [2.45, 2.75) is 131 Å². The van der Waals surface area contributed by atoms with E-state index in [1.165, 1.54) is 44.9 Å². The molecule has 1 rings (SSSR count). The van der Waals surface area contributed by atoms with Crippen LogP contribution in [0.15, 0.2) is 22.3 Å². The third kappa shape index (κ3) is 9.94. The Morgan fingerprint density at radius 1 is 0.688 bits per heavy atom. The molecule has 2 nitrogen and oxygen atoms in total. The number of hydrogen-bond donors (Lipinski definition) is 0. The molecule has 3 unspecified atom stereocenters. The molecule has 0 radical (unpaired) electrons. The molecule has 1 aliphatic rings. The van der Waals surface area contributed by atoms with Gasteiger partial charge in [-0.1, -0.05) is 79.1 Å². The molecular weight excluding hydrogens is 416 g/mol. The maximum absolute atomic E-state index is 12.6. The highest BCUT2D eigenvalue weighted by atomic mass is 35.5. The fourth-order valence-electron chi connectivity index (χ4n) is 4.76. The van der Waals surface area contributed by atoms with Gasteiger partial charge < -0.3 is 0 Å². The van der Waals surface area contributed by atoms with Gasteiger partial charge in [0.05, 0.1) is 0 Å². The summed E-state index contributed by atoms with van der Waals surface area (Å²) in [7, 11) is 0. The monoisotopic (exact) mass is 464 g/mol. The van der Waals surface area contributed by atoms with Crippen molar-refractivity contribution in [2.75, 3.05) is 0 Å². The van der Waals surface area contributed by atoms with E-state index in [1.54, 1.807) is 20.8 Å². The van der Waals surface area contributed by atoms with Crippen LogP contribution >= 0.6 is 11.6 Å². The Morgan fingerprint density at radius 2 is 1.16 bits per heavy atom. The lowest BCUT2D eigenvalue weighted by molar-refractivity contribution is -0.116. The minimum atomic E-state index is -0.328. The van der Waals surface area contributed by atoms with Gasteiger partial charge in [-0.3, -0.25) is 9.59 Å². The molecule has 32 heavy (non-hydrogen) atoms. The number of rotatable bonds is 15. The Kier molecular flexibility index (Phi) is 12.5. The Bertz CT molecular complexity index is 696. The Balaban J connectivity index is 2.32. The minimum Gasteiger partial charge on any atom is -0.289 e. The summed E-state index contributed by atoms with van der Waals surface area (Å²) in [5.41, 5.74) is 2.46. The number of carbonyl (C=O) groups excluding carboxylic acids is 2. The van der Waals surface area contributed by atoms with E-state index in [-0.39, 0.29) is 16.4 Å². The van der Waals surface area contributed by atoms with Gasteiger partial charge in [-0.15, -0.1) is 11.6 Å². The molecule has 3 atom stereocenters. The summed E-state index contributed by atoms with van der Waals surface area (Å²) < 4.78 is 0. The summed E-state index contributed by atoms with van der Waals surface area (Å²) in [6.45, 7) is 16.8. The normalized spacial score (nSPS) is 19.1. The molecule has 1 aliphatic carbocycles. The van der Waals surface area contributed by atoms with Gasteiger partial charge in [0, 0.05) is 27.2 Å². The van der Waals surface area contributed by atoms with E-state index >= 15 is 0 Å². The van der Waals surface area contributed by atoms with Crippen molar-refractivity contribution < 1.29 is 9.59 Å². The zero-order chi connectivity index (χ0) is 24.5. The predicted molar refractivity (Wildman–Crippen MR) is 139 cm³/mol. The molecule has 0 aromatic carbocycles. The smallest absolute Gasteiger partial charge is 0.185 e. The second-order valence-electron chi connectivity index (χ2n) is 11.3. The third-order valence-electron chi connectivity index (χ3n) is 7.47. The van der Waals surface area contributed by atoms with E-state index in [0.29, 0.717) is 28.7 Å². The summed E-state index contributed by atoms with van der Waals surface area (Å²) in [5.74, 6) is 2.45. The Morgan fingerprint density at radius 3 is 1.69 bits per heavy atom. The molecule has 184 valence electrons. The van der Waals surface area contributed by atoms with Crippen molar-refractivity contribution in [3.05, 3.63) is 22.3 Å². The Labute approximate surface area is 203 Å². The molecule has 0 aliphatic heterocycles. The largest absolute Gasteiger partial charge is 0.289 e. The minimum absolute atomic E-state index is 0.0106. The highest BCUT2D eigenvalue weighted by Gasteiger charge is 2.29. The number of halogens is 1. The zero-order valence-corrected chi connectivity index (χ0v) is 23.0. The highest BCUT2D eigenvalue weighted by molar-refractivity contribution is 6.25. The molecule has 0 aromatic heterocycles. The van der Waals surface area contributed by atoms with Crippen LogP contribution in [0, 0.1) is 17.8 Å². The average Bonchev–Trinajstić information content (AvgIpc) is 2.70. The summed E-state index contributed by atoms with van der Waals surface area (Å²) in [5, 5.41) is 0. The molecular formula is C29H49ClO2. The predicted octanol–water partition coefficient (Wildman–Crippen LogP) is 9.01. The van der Waals surface area contributed by atoms with Crippen LogP contribution in [0.3, 0.4) is 0 Å². The van der Waals surface area contributed by atoms with Gasteiger partial charge in [-0.2, -0.15) is 0 Å². The molecule has 0 fully saturated rings. The third-order valence-corrected chi connectivity index (χ3v) is 7.85. The van der Waals surface area contributed by atoms with E-state index < -0.39 is 0 Å². The van der Waals surface area contributed by atoms with E-state index in [4.69, 9.17) is 11.6 Å². The van der Waals surface area contributed by atoms with Crippen molar-refractivity contribution in [3.8, 4) is 0 Å². The van der Waals surface area contributed by atoms with Crippen LogP contribution in [0.1, 0.15) is 126 Å². The summed E-state index contributed by atoms with van der Waals surface area (Å²) in [6, 6.07) is 0. The SMILES string of the molecule is CC1=C(C)C(=O)C(CCC(C)(Cl)CCCC(C)CCCC(C)CCCC(C)C)=C(C)C1=O. The maximum atomic E-state index is 12.6. The van der Waals surface area contributed by atoms with Gasteiger partial charge in [-0.25, -0.2) is 0 Å². The molecule has 0 N–H and O–H groups in total. The van der Waals surface area contributed by atoms with Gasteiger partial charge in [0.25, 0.3) is 0 Å². The lowest BCUT2D eigenvalue weighted by atomic mass is 9.82. The van der Waals surface area contributed by atoms with E-state index in [1.807, 2.05) is 0 Å². The zero-order valence-electron chi connectivity index (χ0n) is 22.2. The highest BCUT2D eigenvalue weighted by Crippen LogP contribution is 2.34. The van der Waals surface area contributed by atoms with Crippen LogP contribution in [0.25, 0.3) is 0 Å². The fraction of sp³-hybridized carbons (Fsp3) is 0.793. The molecule has 0 amide bonds. The van der Waals surface area contributed by atoms with E-state index in [2.05, 4.69) is 34.6 Å². The summed E-state index contributed by atoms with van der Waals surface area (Å²) in [4.78, 5) is 24.7. The van der Waals surface area contributed by atoms with Crippen LogP contribution in [0.2, 0.25) is 0 Å². The quantitative estimate of drug-likeness (QED) is 0.179. The maximum Gasteiger partial charge on any atom is 0.185 e. The van der Waals surface area contributed by atoms with Crippen molar-refractivity contribution in [3.63, 3.8) is 0 Å². The lowest BCUT2D eigenvalue weighted by Crippen LogP contribution is -2.23. The first-order chi connectivity index (χ1) is 14.9. The van der Waals surface area contributed by atoms with Crippen molar-refractivity contribution in [2.24, 2.45) is 17.8 Å². The van der Waals surface area contributed by atoms with Crippen molar-refractivity contribution in [1.29, 1.82) is 0 Å². The number of allylic oxidation sites excluding steroid dienone is 4. The van der Waals surface area contributed by atoms with Crippen LogP contribution < -0.4 is 0 Å². The van der Waals surface area contributed by atoms with Crippen molar-refractivity contribution in [1.82, 2.24) is 0 Å². The lowest BCUT2D eigenvalue weighted by Gasteiger charge is -2.25. The van der Waals surface area contributed by atoms with Gasteiger partial charge >= 0.3 is 0 Å².